The summed E-state index contributed by atoms with van der Waals surface area (Å²) in [6.45, 7) is 4.65. The van der Waals surface area contributed by atoms with E-state index in [1.807, 2.05) is 4.90 Å². The van der Waals surface area contributed by atoms with Gasteiger partial charge in [-0.05, 0) is 38.0 Å². The quantitative estimate of drug-likeness (QED) is 0.748. The van der Waals surface area contributed by atoms with Gasteiger partial charge in [0, 0.05) is 19.6 Å². The highest BCUT2D eigenvalue weighted by atomic mass is 16.2. The van der Waals surface area contributed by atoms with Crippen molar-refractivity contribution in [2.24, 2.45) is 17.1 Å². The lowest BCUT2D eigenvalue weighted by atomic mass is 9.61. The van der Waals surface area contributed by atoms with Gasteiger partial charge in [-0.3, -0.25) is 4.79 Å². The van der Waals surface area contributed by atoms with Crippen LogP contribution in [0.3, 0.4) is 0 Å². The zero-order chi connectivity index (χ0) is 10.9. The Morgan fingerprint density at radius 3 is 2.40 bits per heavy atom. The van der Waals surface area contributed by atoms with Crippen LogP contribution in [0.2, 0.25) is 0 Å². The van der Waals surface area contributed by atoms with Crippen LogP contribution in [0.5, 0.6) is 0 Å². The third-order valence-corrected chi connectivity index (χ3v) is 3.97. The van der Waals surface area contributed by atoms with Gasteiger partial charge in [0.1, 0.15) is 0 Å². The summed E-state index contributed by atoms with van der Waals surface area (Å²) in [6, 6.07) is 0. The SMILES string of the molecule is CC1CC(CN)(C(=O)N2CCCCC2)C1. The third-order valence-electron chi connectivity index (χ3n) is 3.97. The van der Waals surface area contributed by atoms with Gasteiger partial charge in [0.05, 0.1) is 5.41 Å². The molecule has 0 atom stereocenters. The first-order valence-corrected chi connectivity index (χ1v) is 6.17. The number of carbonyl (C=O) groups is 1. The van der Waals surface area contributed by atoms with Crippen LogP contribution >= 0.6 is 0 Å². The van der Waals surface area contributed by atoms with E-state index in [0.29, 0.717) is 18.4 Å². The predicted octanol–water partition coefficient (Wildman–Crippen LogP) is 1.37. The van der Waals surface area contributed by atoms with Gasteiger partial charge in [0.15, 0.2) is 0 Å². The molecule has 2 aliphatic rings. The molecule has 1 saturated carbocycles. The number of amides is 1. The molecule has 1 aliphatic carbocycles. The zero-order valence-corrected chi connectivity index (χ0v) is 9.67. The fourth-order valence-electron chi connectivity index (χ4n) is 3.14. The Morgan fingerprint density at radius 1 is 1.33 bits per heavy atom. The van der Waals surface area contributed by atoms with E-state index < -0.39 is 0 Å². The van der Waals surface area contributed by atoms with Crippen molar-refractivity contribution in [1.29, 1.82) is 0 Å². The topological polar surface area (TPSA) is 46.3 Å². The van der Waals surface area contributed by atoms with E-state index in [9.17, 15) is 4.79 Å². The minimum absolute atomic E-state index is 0.184. The summed E-state index contributed by atoms with van der Waals surface area (Å²) >= 11 is 0. The molecule has 1 saturated heterocycles. The van der Waals surface area contributed by atoms with Crippen LogP contribution in [0.15, 0.2) is 0 Å². The standard InChI is InChI=1S/C12H22N2O/c1-10-7-12(8-10,9-13)11(15)14-5-3-2-4-6-14/h10H,2-9,13H2,1H3. The van der Waals surface area contributed by atoms with E-state index in [1.165, 1.54) is 19.3 Å². The van der Waals surface area contributed by atoms with Gasteiger partial charge in [0.25, 0.3) is 0 Å². The van der Waals surface area contributed by atoms with Crippen LogP contribution in [0.4, 0.5) is 0 Å². The second-order valence-corrected chi connectivity index (χ2v) is 5.35. The minimum Gasteiger partial charge on any atom is -0.342 e. The summed E-state index contributed by atoms with van der Waals surface area (Å²) < 4.78 is 0. The summed E-state index contributed by atoms with van der Waals surface area (Å²) in [5.74, 6) is 1.02. The maximum absolute atomic E-state index is 12.3. The van der Waals surface area contributed by atoms with Crippen molar-refractivity contribution >= 4 is 5.91 Å². The van der Waals surface area contributed by atoms with E-state index in [4.69, 9.17) is 5.73 Å². The Labute approximate surface area is 92.0 Å². The molecular weight excluding hydrogens is 188 g/mol. The lowest BCUT2D eigenvalue weighted by molar-refractivity contribution is -0.150. The van der Waals surface area contributed by atoms with Gasteiger partial charge in [-0.25, -0.2) is 0 Å². The lowest BCUT2D eigenvalue weighted by Crippen LogP contribution is -2.55. The number of piperidine rings is 1. The normalized spacial score (nSPS) is 36.1. The van der Waals surface area contributed by atoms with Gasteiger partial charge in [-0.1, -0.05) is 6.92 Å². The first-order valence-electron chi connectivity index (χ1n) is 6.17. The second kappa shape index (κ2) is 4.12. The summed E-state index contributed by atoms with van der Waals surface area (Å²) in [4.78, 5) is 14.4. The maximum Gasteiger partial charge on any atom is 0.230 e. The van der Waals surface area contributed by atoms with Crippen molar-refractivity contribution < 1.29 is 4.79 Å². The third kappa shape index (κ3) is 1.89. The van der Waals surface area contributed by atoms with Crippen molar-refractivity contribution in [3.8, 4) is 0 Å². The highest BCUT2D eigenvalue weighted by molar-refractivity contribution is 5.84. The summed E-state index contributed by atoms with van der Waals surface area (Å²) in [6.07, 6.45) is 5.61. The number of carbonyl (C=O) groups excluding carboxylic acids is 1. The molecule has 2 N–H and O–H groups in total. The Kier molecular flexibility index (Phi) is 3.01. The molecule has 2 fully saturated rings. The Balaban J connectivity index is 1.99. The van der Waals surface area contributed by atoms with Gasteiger partial charge in [0.2, 0.25) is 5.91 Å². The fraction of sp³-hybridized carbons (Fsp3) is 0.917. The van der Waals surface area contributed by atoms with Gasteiger partial charge >= 0.3 is 0 Å². The molecule has 1 amide bonds. The molecule has 2 rings (SSSR count). The van der Waals surface area contributed by atoms with Crippen LogP contribution in [0.25, 0.3) is 0 Å². The molecule has 0 aromatic rings. The molecule has 1 heterocycles. The van der Waals surface area contributed by atoms with Crippen molar-refractivity contribution in [2.75, 3.05) is 19.6 Å². The van der Waals surface area contributed by atoms with E-state index >= 15 is 0 Å². The minimum atomic E-state index is -0.184. The largest absolute Gasteiger partial charge is 0.342 e. The molecule has 0 aromatic carbocycles. The highest BCUT2D eigenvalue weighted by Crippen LogP contribution is 2.46. The predicted molar refractivity (Wildman–Crippen MR) is 60.3 cm³/mol. The number of rotatable bonds is 2. The van der Waals surface area contributed by atoms with E-state index in [2.05, 4.69) is 6.92 Å². The molecule has 0 unspecified atom stereocenters. The van der Waals surface area contributed by atoms with Gasteiger partial charge < -0.3 is 10.6 Å². The van der Waals surface area contributed by atoms with E-state index in [0.717, 1.165) is 25.9 Å². The van der Waals surface area contributed by atoms with Gasteiger partial charge in [-0.2, -0.15) is 0 Å². The second-order valence-electron chi connectivity index (χ2n) is 5.35. The molecule has 0 bridgehead atoms. The van der Waals surface area contributed by atoms with E-state index in [-0.39, 0.29) is 5.41 Å². The van der Waals surface area contributed by atoms with Crippen LogP contribution < -0.4 is 5.73 Å². The van der Waals surface area contributed by atoms with Crippen LogP contribution in [0.1, 0.15) is 39.0 Å². The molecule has 0 radical (unpaired) electrons. The molecular formula is C12H22N2O. The summed E-state index contributed by atoms with van der Waals surface area (Å²) in [5, 5.41) is 0. The molecule has 86 valence electrons. The monoisotopic (exact) mass is 210 g/mol. The lowest BCUT2D eigenvalue weighted by Gasteiger charge is -2.47. The first kappa shape index (κ1) is 10.9. The average molecular weight is 210 g/mol. The van der Waals surface area contributed by atoms with Crippen LogP contribution in [-0.2, 0) is 4.79 Å². The number of nitrogens with two attached hydrogens (primary N) is 1. The Morgan fingerprint density at radius 2 is 1.93 bits per heavy atom. The van der Waals surface area contributed by atoms with Crippen LogP contribution in [0, 0.1) is 11.3 Å². The maximum atomic E-state index is 12.3. The first-order chi connectivity index (χ1) is 7.18. The van der Waals surface area contributed by atoms with Gasteiger partial charge in [-0.15, -0.1) is 0 Å². The number of nitrogens with zero attached hydrogens (tertiary/aromatic N) is 1. The fourth-order valence-corrected chi connectivity index (χ4v) is 3.14. The smallest absolute Gasteiger partial charge is 0.230 e. The molecule has 3 heteroatoms. The van der Waals surface area contributed by atoms with Crippen molar-refractivity contribution in [3.63, 3.8) is 0 Å². The van der Waals surface area contributed by atoms with Crippen LogP contribution in [-0.4, -0.2) is 30.4 Å². The van der Waals surface area contributed by atoms with E-state index in [1.54, 1.807) is 0 Å². The number of hydrogen-bond donors (Lipinski definition) is 1. The number of hydrogen-bond acceptors (Lipinski definition) is 2. The van der Waals surface area contributed by atoms with Crippen molar-refractivity contribution in [1.82, 2.24) is 4.90 Å². The molecule has 1 aliphatic heterocycles. The molecule has 0 aromatic heterocycles. The summed E-state index contributed by atoms with van der Waals surface area (Å²) in [5.41, 5.74) is 5.61. The number of likely N-dealkylation sites (tertiary alicyclic amines) is 1. The Hall–Kier alpha value is -0.570. The Bertz CT molecular complexity index is 240. The van der Waals surface area contributed by atoms with Crippen molar-refractivity contribution in [3.05, 3.63) is 0 Å². The molecule has 0 spiro atoms. The highest BCUT2D eigenvalue weighted by Gasteiger charge is 2.48. The molecule has 3 nitrogen and oxygen atoms in total. The van der Waals surface area contributed by atoms with Crippen molar-refractivity contribution in [2.45, 2.75) is 39.0 Å². The average Bonchev–Trinajstić information content (AvgIpc) is 2.25. The zero-order valence-electron chi connectivity index (χ0n) is 9.67. The summed E-state index contributed by atoms with van der Waals surface area (Å²) in [7, 11) is 0. The molecule has 15 heavy (non-hydrogen) atoms.